The van der Waals surface area contributed by atoms with Gasteiger partial charge < -0.3 is 10.8 Å². The van der Waals surface area contributed by atoms with E-state index in [9.17, 15) is 4.79 Å². The lowest BCUT2D eigenvalue weighted by atomic mass is 10.0. The van der Waals surface area contributed by atoms with Crippen LogP contribution in [0.3, 0.4) is 0 Å². The van der Waals surface area contributed by atoms with Gasteiger partial charge in [-0.05, 0) is 12.1 Å². The Morgan fingerprint density at radius 1 is 0.633 bits per heavy atom. The number of nitrogens with two attached hydrogens (primary N) is 1. The zero-order chi connectivity index (χ0) is 22.3. The van der Waals surface area contributed by atoms with E-state index in [1.165, 1.54) is 122 Å². The molecule has 0 unspecified atom stereocenters. The summed E-state index contributed by atoms with van der Waals surface area (Å²) < 4.78 is 0. The summed E-state index contributed by atoms with van der Waals surface area (Å²) in [6.07, 6.45) is 26.4. The average Bonchev–Trinajstić information content (AvgIpc) is 2.74. The van der Waals surface area contributed by atoms with Crippen molar-refractivity contribution in [3.05, 3.63) is 29.8 Å². The number of hydrogen-bond acceptors (Lipinski definition) is 2. The number of rotatable bonds is 18. The van der Waals surface area contributed by atoms with Gasteiger partial charge in [-0.15, -0.1) is 0 Å². The number of nitrogen functional groups attached to an aromatic ring is 1. The van der Waals surface area contributed by atoms with Gasteiger partial charge in [0.05, 0.1) is 5.56 Å². The first kappa shape index (κ1) is 28.5. The summed E-state index contributed by atoms with van der Waals surface area (Å²) in [6.45, 7) is 4.59. The fourth-order valence-electron chi connectivity index (χ4n) is 3.67. The van der Waals surface area contributed by atoms with Crippen LogP contribution in [0.5, 0.6) is 0 Å². The summed E-state index contributed by atoms with van der Waals surface area (Å²) >= 11 is 0. The van der Waals surface area contributed by atoms with E-state index in [0.717, 1.165) is 0 Å². The standard InChI is InChI=1S/C20H42.C7H7NO2/c1-3-5-7-9-11-13-15-17-19-20-18-16-14-12-10-8-6-4-2;8-6-4-2-1-3-5(6)7(9)10/h3-20H2,1-2H3;1-4H,8H2,(H,9,10). The first-order chi connectivity index (χ1) is 14.6. The molecule has 0 radical (unpaired) electrons. The lowest BCUT2D eigenvalue weighted by Gasteiger charge is -2.03. The van der Waals surface area contributed by atoms with Gasteiger partial charge in [0.15, 0.2) is 0 Å². The molecule has 0 aliphatic heterocycles. The minimum absolute atomic E-state index is 0.155. The highest BCUT2D eigenvalue weighted by molar-refractivity contribution is 5.93. The van der Waals surface area contributed by atoms with Crippen LogP contribution < -0.4 is 5.73 Å². The van der Waals surface area contributed by atoms with E-state index in [-0.39, 0.29) is 5.56 Å². The molecule has 1 aromatic rings. The lowest BCUT2D eigenvalue weighted by molar-refractivity contribution is 0.0698. The summed E-state index contributed by atoms with van der Waals surface area (Å²) in [5.41, 5.74) is 5.80. The van der Waals surface area contributed by atoms with Gasteiger partial charge in [0, 0.05) is 5.69 Å². The topological polar surface area (TPSA) is 63.3 Å². The summed E-state index contributed by atoms with van der Waals surface area (Å²) in [5, 5.41) is 8.49. The smallest absolute Gasteiger partial charge is 0.337 e. The number of carboxylic acids is 1. The van der Waals surface area contributed by atoms with Gasteiger partial charge in [-0.1, -0.05) is 142 Å². The van der Waals surface area contributed by atoms with Crippen LogP contribution in [0.2, 0.25) is 0 Å². The van der Waals surface area contributed by atoms with Crippen molar-refractivity contribution in [3.63, 3.8) is 0 Å². The first-order valence-corrected chi connectivity index (χ1v) is 12.7. The Morgan fingerprint density at radius 3 is 1.17 bits per heavy atom. The average molecular weight is 420 g/mol. The Bertz CT molecular complexity index is 483. The van der Waals surface area contributed by atoms with Gasteiger partial charge in [-0.2, -0.15) is 0 Å². The van der Waals surface area contributed by atoms with Crippen molar-refractivity contribution in [1.82, 2.24) is 0 Å². The number of benzene rings is 1. The number of hydrogen-bond donors (Lipinski definition) is 2. The van der Waals surface area contributed by atoms with Crippen LogP contribution in [-0.2, 0) is 0 Å². The summed E-state index contributed by atoms with van der Waals surface area (Å²) in [5.74, 6) is -0.988. The zero-order valence-corrected chi connectivity index (χ0v) is 20.0. The quantitative estimate of drug-likeness (QED) is 0.184. The minimum Gasteiger partial charge on any atom is -0.478 e. The molecule has 0 heterocycles. The zero-order valence-electron chi connectivity index (χ0n) is 20.0. The molecular weight excluding hydrogens is 370 g/mol. The molecular formula is C27H49NO2. The third kappa shape index (κ3) is 18.5. The summed E-state index contributed by atoms with van der Waals surface area (Å²) in [4.78, 5) is 10.3. The molecule has 0 bridgehead atoms. The van der Waals surface area contributed by atoms with E-state index < -0.39 is 5.97 Å². The van der Waals surface area contributed by atoms with Crippen LogP contribution in [0.1, 0.15) is 140 Å². The molecule has 0 aliphatic carbocycles. The van der Waals surface area contributed by atoms with Crippen molar-refractivity contribution in [3.8, 4) is 0 Å². The number of aromatic carboxylic acids is 1. The molecule has 0 fully saturated rings. The van der Waals surface area contributed by atoms with Crippen molar-refractivity contribution in [2.75, 3.05) is 5.73 Å². The van der Waals surface area contributed by atoms with Gasteiger partial charge in [0.2, 0.25) is 0 Å². The molecule has 0 spiro atoms. The lowest BCUT2D eigenvalue weighted by Crippen LogP contribution is -2.00. The molecule has 0 saturated carbocycles. The molecule has 1 aromatic carbocycles. The van der Waals surface area contributed by atoms with Crippen LogP contribution in [-0.4, -0.2) is 11.1 Å². The summed E-state index contributed by atoms with van der Waals surface area (Å²) in [7, 11) is 0. The molecule has 3 nitrogen and oxygen atoms in total. The number of carbonyl (C=O) groups is 1. The van der Waals surface area contributed by atoms with E-state index in [2.05, 4.69) is 13.8 Å². The van der Waals surface area contributed by atoms with Gasteiger partial charge in [0.1, 0.15) is 0 Å². The number of para-hydroxylation sites is 1. The maximum absolute atomic E-state index is 10.3. The highest BCUT2D eigenvalue weighted by Gasteiger charge is 2.03. The van der Waals surface area contributed by atoms with Crippen LogP contribution in [0.15, 0.2) is 24.3 Å². The fraction of sp³-hybridized carbons (Fsp3) is 0.741. The van der Waals surface area contributed by atoms with Crippen LogP contribution in [0.25, 0.3) is 0 Å². The molecule has 0 aliphatic rings. The van der Waals surface area contributed by atoms with E-state index >= 15 is 0 Å². The van der Waals surface area contributed by atoms with Crippen LogP contribution in [0.4, 0.5) is 5.69 Å². The molecule has 0 amide bonds. The van der Waals surface area contributed by atoms with Gasteiger partial charge in [0.25, 0.3) is 0 Å². The Hall–Kier alpha value is -1.51. The first-order valence-electron chi connectivity index (χ1n) is 12.7. The monoisotopic (exact) mass is 419 g/mol. The van der Waals surface area contributed by atoms with Gasteiger partial charge in [-0.3, -0.25) is 0 Å². The predicted molar refractivity (Wildman–Crippen MR) is 132 cm³/mol. The maximum Gasteiger partial charge on any atom is 0.337 e. The molecule has 30 heavy (non-hydrogen) atoms. The van der Waals surface area contributed by atoms with Gasteiger partial charge >= 0.3 is 5.97 Å². The minimum atomic E-state index is -0.988. The predicted octanol–water partition coefficient (Wildman–Crippen LogP) is 9.02. The third-order valence-electron chi connectivity index (χ3n) is 5.65. The second-order valence-corrected chi connectivity index (χ2v) is 8.55. The van der Waals surface area contributed by atoms with Gasteiger partial charge in [-0.25, -0.2) is 4.79 Å². The van der Waals surface area contributed by atoms with Crippen molar-refractivity contribution < 1.29 is 9.90 Å². The van der Waals surface area contributed by atoms with Crippen molar-refractivity contribution in [1.29, 1.82) is 0 Å². The van der Waals surface area contributed by atoms with Crippen molar-refractivity contribution in [2.24, 2.45) is 0 Å². The largest absolute Gasteiger partial charge is 0.478 e. The number of anilines is 1. The maximum atomic E-state index is 10.3. The number of carboxylic acid groups (broad SMARTS) is 1. The van der Waals surface area contributed by atoms with E-state index in [0.29, 0.717) is 5.69 Å². The molecule has 1 rings (SSSR count). The SMILES string of the molecule is CCCCCCCCCCCCCCCCCCCC.Nc1ccccc1C(=O)O. The highest BCUT2D eigenvalue weighted by Crippen LogP contribution is 2.14. The molecule has 0 aromatic heterocycles. The second-order valence-electron chi connectivity index (χ2n) is 8.55. The number of unbranched alkanes of at least 4 members (excludes halogenated alkanes) is 17. The fourth-order valence-corrected chi connectivity index (χ4v) is 3.67. The molecule has 3 heteroatoms. The second kappa shape index (κ2) is 22.2. The third-order valence-corrected chi connectivity index (χ3v) is 5.65. The highest BCUT2D eigenvalue weighted by atomic mass is 16.4. The van der Waals surface area contributed by atoms with E-state index in [4.69, 9.17) is 10.8 Å². The Labute approximate surface area is 186 Å². The van der Waals surface area contributed by atoms with E-state index in [1.807, 2.05) is 0 Å². The van der Waals surface area contributed by atoms with E-state index in [1.54, 1.807) is 18.2 Å². The van der Waals surface area contributed by atoms with Crippen LogP contribution >= 0.6 is 0 Å². The van der Waals surface area contributed by atoms with Crippen molar-refractivity contribution >= 4 is 11.7 Å². The Kier molecular flexibility index (Phi) is 21.1. The van der Waals surface area contributed by atoms with Crippen molar-refractivity contribution in [2.45, 2.75) is 129 Å². The summed E-state index contributed by atoms with van der Waals surface area (Å²) in [6, 6.07) is 6.36. The van der Waals surface area contributed by atoms with Crippen LogP contribution in [0, 0.1) is 0 Å². The Morgan fingerprint density at radius 2 is 0.933 bits per heavy atom. The normalized spacial score (nSPS) is 10.5. The molecule has 0 atom stereocenters. The molecule has 0 saturated heterocycles. The Balaban J connectivity index is 0.000000696. The molecule has 3 N–H and O–H groups in total. The molecule has 174 valence electrons.